The summed E-state index contributed by atoms with van der Waals surface area (Å²) in [4.78, 5) is 0. The molecule has 0 aromatic rings. The predicted molar refractivity (Wildman–Crippen MR) is 502 cm³/mol. The lowest BCUT2D eigenvalue weighted by Crippen LogP contribution is -2.43. The highest BCUT2D eigenvalue weighted by molar-refractivity contribution is 5.16. The smallest absolute Gasteiger partial charge is 0.0321 e. The first-order valence-electron chi connectivity index (χ1n) is 59.4. The minimum absolute atomic E-state index is 1.16. The molecule has 34 aliphatic carbocycles. The molecule has 0 aromatic carbocycles. The topological polar surface area (TPSA) is 0 Å². The van der Waals surface area contributed by atoms with Crippen molar-refractivity contribution in [3.8, 4) is 0 Å². The lowest BCUT2D eigenvalue weighted by atomic mass is 9.54. The Balaban J connectivity index is 0.0000000763. The third-order valence-electron chi connectivity index (χ3n) is 50.7. The molecule has 0 N–H and O–H groups in total. The average molecular weight is 1640 g/mol. The molecule has 0 heteroatoms. The third-order valence-corrected chi connectivity index (χ3v) is 50.7. The first kappa shape index (κ1) is 83.1. The predicted octanol–water partition coefficient (Wildman–Crippen LogP) is 34.5. The molecule has 34 saturated carbocycles. The van der Waals surface area contributed by atoms with Gasteiger partial charge in [-0.3, -0.25) is 0 Å². The van der Waals surface area contributed by atoms with Gasteiger partial charge in [-0.05, 0) is 555 Å². The minimum Gasteiger partial charge on any atom is -0.0530 e. The average Bonchev–Trinajstić information content (AvgIpc) is 1.51. The van der Waals surface area contributed by atoms with E-state index in [0.717, 1.165) is 35.5 Å². The zero-order valence-corrected chi connectivity index (χ0v) is 78.9. The normalized spacial score (nSPS) is 56.2. The molecule has 120 heavy (non-hydrogen) atoms. The maximum atomic E-state index is 1.68. The number of fused-ring (bicyclic) bond motifs is 48. The molecular formula is C120H194. The summed E-state index contributed by atoms with van der Waals surface area (Å²) in [6.45, 7) is 0. The lowest BCUT2D eigenvalue weighted by Gasteiger charge is -2.51. The van der Waals surface area contributed by atoms with Gasteiger partial charge in [0.25, 0.3) is 0 Å². The SMILES string of the molecule is C1C2CC3CC1CC(C2)C3.C1CC2C3CCC(C3)C2C1.C1CC2CC1C1C3CC(C4CCC43)C21.C1CC2CC1C1C3CCC(C3)C21.C1CC2CCC1C2.C1CCC2C(C1)CCC1C3CCCC3CCC21.C1CCC2C(C1)CCC1CCCCC12.C1CCC2C3CCC(C3)C2C1.C1CCC2CC3C4CCC(C4)C3CC2C1.C1CCC2CCCCC2C1. The van der Waals surface area contributed by atoms with Crippen LogP contribution >= 0.6 is 0 Å². The van der Waals surface area contributed by atoms with Crippen molar-refractivity contribution in [2.24, 2.45) is 272 Å². The van der Waals surface area contributed by atoms with E-state index in [2.05, 4.69) is 0 Å². The molecule has 0 aromatic heterocycles. The minimum atomic E-state index is 1.16. The van der Waals surface area contributed by atoms with E-state index >= 15 is 0 Å². The van der Waals surface area contributed by atoms with E-state index in [1.54, 1.807) is 449 Å². The summed E-state index contributed by atoms with van der Waals surface area (Å²) in [6.07, 6.45) is 117. The van der Waals surface area contributed by atoms with E-state index in [4.69, 9.17) is 0 Å². The van der Waals surface area contributed by atoms with Crippen molar-refractivity contribution in [3.05, 3.63) is 0 Å². The molecule has 36 atom stereocenters. The summed E-state index contributed by atoms with van der Waals surface area (Å²) >= 11 is 0. The molecule has 0 radical (unpaired) electrons. The molecule has 0 saturated heterocycles. The Morgan fingerprint density at radius 2 is 0.275 bits per heavy atom. The molecule has 34 fully saturated rings. The van der Waals surface area contributed by atoms with Gasteiger partial charge < -0.3 is 0 Å². The van der Waals surface area contributed by atoms with Gasteiger partial charge in [-0.15, -0.1) is 0 Å². The molecule has 34 aliphatic rings. The van der Waals surface area contributed by atoms with Gasteiger partial charge in [-0.1, -0.05) is 193 Å². The summed E-state index contributed by atoms with van der Waals surface area (Å²) in [7, 11) is 0. The van der Waals surface area contributed by atoms with Crippen LogP contribution < -0.4 is 0 Å². The standard InChI is InChI=1S/C17H28.C15H24.C14H20.C14H24.C12H18.C11H18.2C10H16.C10H18.C7H12/c1-2-6-14-12(4-1)8-10-17-15-7-3-5-13(15)9-11-16(14)17;1-2-4-11-9-15-13-6-5-12(7-13)14(15)8-10(11)3-1;1-2-8-5-7(1)13-11-6-12(14(8)13)10-4-3-9(10)11;1-3-7-13-11(5-1)9-10-12-6-2-4-8-14(12)13;1-2-8-5-7(1)11-9-3-4-10(6-9)12(8)11;1-2-4-11-9-6-5-8(7-9)10(11)3-1;1-7-2-9-4-8(1)5-10(3-7)6-9;1-2-9-7-4-5-8(6-7)10(9)3-1;1-2-6-10-8-4-3-7-9(10)5-1;1-2-7-4-3-6(1)5-7/h12-17H,1-11H2;10-15H,1-9H2;7-14H,1-6H2;11-14H,1-10H2;7-12H,1-6H2;8-11H,1-7H2;2*7-10H,1-6H2;9-10H,1-8H2;6-7H,1-5H2. The summed E-state index contributed by atoms with van der Waals surface area (Å²) in [6, 6.07) is 0. The molecule has 0 heterocycles. The fraction of sp³-hybridized carbons (Fsp3) is 1.00. The van der Waals surface area contributed by atoms with Gasteiger partial charge in [0.1, 0.15) is 0 Å². The molecule has 0 nitrogen and oxygen atoms in total. The van der Waals surface area contributed by atoms with Crippen LogP contribution in [0.2, 0.25) is 0 Å². The highest BCUT2D eigenvalue weighted by Crippen LogP contribution is 2.75. The van der Waals surface area contributed by atoms with Crippen molar-refractivity contribution in [1.29, 1.82) is 0 Å². The monoisotopic (exact) mass is 1640 g/mol. The van der Waals surface area contributed by atoms with Crippen LogP contribution in [0.1, 0.15) is 475 Å². The highest BCUT2D eigenvalue weighted by atomic mass is 14.7. The Kier molecular flexibility index (Phi) is 25.5. The van der Waals surface area contributed by atoms with Crippen molar-refractivity contribution in [2.45, 2.75) is 475 Å². The molecule has 20 bridgehead atoms. The summed E-state index contributed by atoms with van der Waals surface area (Å²) in [5, 5.41) is 0. The molecule has 0 spiro atoms. The van der Waals surface area contributed by atoms with Crippen molar-refractivity contribution in [3.63, 3.8) is 0 Å². The van der Waals surface area contributed by atoms with Crippen molar-refractivity contribution in [2.75, 3.05) is 0 Å². The Hall–Kier alpha value is 0. The van der Waals surface area contributed by atoms with E-state index in [9.17, 15) is 0 Å². The zero-order chi connectivity index (χ0) is 78.9. The Morgan fingerprint density at radius 1 is 0.0750 bits per heavy atom. The maximum Gasteiger partial charge on any atom is -0.0321 e. The fourth-order valence-corrected chi connectivity index (χ4v) is 46.6. The van der Waals surface area contributed by atoms with Crippen molar-refractivity contribution in [1.82, 2.24) is 0 Å². The number of hydrogen-bond donors (Lipinski definition) is 0. The lowest BCUT2D eigenvalue weighted by molar-refractivity contribution is -0.0184. The van der Waals surface area contributed by atoms with E-state index < -0.39 is 0 Å². The van der Waals surface area contributed by atoms with E-state index in [0.29, 0.717) is 0 Å². The van der Waals surface area contributed by atoms with Crippen molar-refractivity contribution >= 4 is 0 Å². The largest absolute Gasteiger partial charge is 0.0530 e. The molecule has 0 aliphatic heterocycles. The first-order chi connectivity index (χ1) is 59.4. The van der Waals surface area contributed by atoms with Crippen LogP contribution in [0, 0.1) is 272 Å². The Morgan fingerprint density at radius 3 is 0.592 bits per heavy atom. The van der Waals surface area contributed by atoms with Gasteiger partial charge in [0, 0.05) is 0 Å². The second-order valence-corrected chi connectivity index (χ2v) is 54.9. The Labute approximate surface area is 742 Å². The van der Waals surface area contributed by atoms with Crippen LogP contribution in [0.3, 0.4) is 0 Å². The highest BCUT2D eigenvalue weighted by Gasteiger charge is 2.68. The van der Waals surface area contributed by atoms with Gasteiger partial charge in [0.2, 0.25) is 0 Å². The molecule has 36 unspecified atom stereocenters. The maximum absolute atomic E-state index is 1.68. The molecule has 0 amide bonds. The molecule has 674 valence electrons. The van der Waals surface area contributed by atoms with Gasteiger partial charge in [-0.25, -0.2) is 0 Å². The van der Waals surface area contributed by atoms with Crippen LogP contribution in [0.25, 0.3) is 0 Å². The van der Waals surface area contributed by atoms with Crippen molar-refractivity contribution < 1.29 is 0 Å². The fourth-order valence-electron chi connectivity index (χ4n) is 46.6. The van der Waals surface area contributed by atoms with E-state index in [1.165, 1.54) is 262 Å². The Bertz CT molecular complexity index is 3020. The molecule has 34 rings (SSSR count). The summed E-state index contributed by atoms with van der Waals surface area (Å²) < 4.78 is 0. The number of rotatable bonds is 0. The summed E-state index contributed by atoms with van der Waals surface area (Å²) in [5.74, 6) is 54.8. The molecular weight excluding hydrogens is 1440 g/mol. The third kappa shape index (κ3) is 16.5. The second-order valence-electron chi connectivity index (χ2n) is 54.9. The first-order valence-corrected chi connectivity index (χ1v) is 59.4. The van der Waals surface area contributed by atoms with Crippen LogP contribution in [0.5, 0.6) is 0 Å². The van der Waals surface area contributed by atoms with Gasteiger partial charge in [0.15, 0.2) is 0 Å². The quantitative estimate of drug-likeness (QED) is 0.212. The second kappa shape index (κ2) is 36.9. The van der Waals surface area contributed by atoms with Crippen LogP contribution in [0.15, 0.2) is 0 Å². The van der Waals surface area contributed by atoms with Gasteiger partial charge >= 0.3 is 0 Å². The van der Waals surface area contributed by atoms with Crippen LogP contribution in [-0.4, -0.2) is 0 Å². The van der Waals surface area contributed by atoms with Gasteiger partial charge in [0.05, 0.1) is 0 Å². The van der Waals surface area contributed by atoms with Gasteiger partial charge in [-0.2, -0.15) is 0 Å². The van der Waals surface area contributed by atoms with E-state index in [-0.39, 0.29) is 0 Å². The van der Waals surface area contributed by atoms with Crippen LogP contribution in [0.4, 0.5) is 0 Å². The summed E-state index contributed by atoms with van der Waals surface area (Å²) in [5.41, 5.74) is 0. The van der Waals surface area contributed by atoms with E-state index in [1.807, 2.05) is 0 Å². The zero-order valence-electron chi connectivity index (χ0n) is 78.9. The van der Waals surface area contributed by atoms with Crippen LogP contribution in [-0.2, 0) is 0 Å². The number of hydrogen-bond acceptors (Lipinski definition) is 0.